The molecule has 5 heteroatoms. The van der Waals surface area contributed by atoms with Crippen molar-refractivity contribution in [1.29, 1.82) is 0 Å². The van der Waals surface area contributed by atoms with E-state index in [0.717, 1.165) is 5.69 Å². The summed E-state index contributed by atoms with van der Waals surface area (Å²) in [6.07, 6.45) is 0. The van der Waals surface area contributed by atoms with Crippen LogP contribution in [-0.2, 0) is 0 Å². The molecule has 110 valence electrons. The number of hydrogen-bond donors (Lipinski definition) is 2. The molecule has 0 radical (unpaired) electrons. The molecule has 0 aromatic heterocycles. The first-order valence-electron chi connectivity index (χ1n) is 6.21. The van der Waals surface area contributed by atoms with Crippen LogP contribution in [0.5, 0.6) is 0 Å². The average molecular weight is 287 g/mol. The van der Waals surface area contributed by atoms with Crippen LogP contribution in [0.1, 0.15) is 20.7 Å². The number of aromatic carboxylic acids is 2. The molecule has 0 atom stereocenters. The van der Waals surface area contributed by atoms with Gasteiger partial charge in [-0.1, -0.05) is 30.3 Å². The molecule has 0 saturated heterocycles. The van der Waals surface area contributed by atoms with Crippen LogP contribution in [0.2, 0.25) is 0 Å². The molecule has 21 heavy (non-hydrogen) atoms. The van der Waals surface area contributed by atoms with Gasteiger partial charge in [0.15, 0.2) is 0 Å². The molecule has 2 aromatic carbocycles. The quantitative estimate of drug-likeness (QED) is 0.907. The van der Waals surface area contributed by atoms with Crippen LogP contribution in [0.4, 0.5) is 5.69 Å². The minimum absolute atomic E-state index is 0.331. The molecule has 0 bridgehead atoms. The smallest absolute Gasteiger partial charge is 0.337 e. The normalized spacial score (nSPS) is 9.24. The molecule has 2 aromatic rings. The van der Waals surface area contributed by atoms with Crippen LogP contribution >= 0.6 is 0 Å². The Bertz CT molecular complexity index is 609. The highest BCUT2D eigenvalue weighted by Crippen LogP contribution is 2.17. The van der Waals surface area contributed by atoms with Crippen LogP contribution in [0.3, 0.4) is 0 Å². The fraction of sp³-hybridized carbons (Fsp3) is 0.125. The molecule has 0 fully saturated rings. The molecule has 0 aliphatic heterocycles. The molecule has 2 N–H and O–H groups in total. The van der Waals surface area contributed by atoms with E-state index in [1.165, 1.54) is 0 Å². The van der Waals surface area contributed by atoms with Gasteiger partial charge in [0.25, 0.3) is 0 Å². The zero-order chi connectivity index (χ0) is 15.8. The Morgan fingerprint density at radius 3 is 1.71 bits per heavy atom. The van der Waals surface area contributed by atoms with Crippen LogP contribution < -0.4 is 4.90 Å². The predicted molar refractivity (Wildman–Crippen MR) is 81.1 cm³/mol. The van der Waals surface area contributed by atoms with E-state index in [1.807, 2.05) is 20.2 Å². The first kappa shape index (κ1) is 16.2. The highest BCUT2D eigenvalue weighted by molar-refractivity contribution is 5.94. The third-order valence-electron chi connectivity index (χ3n) is 2.64. The van der Waals surface area contributed by atoms with Crippen LogP contribution in [-0.4, -0.2) is 36.2 Å². The lowest BCUT2D eigenvalue weighted by Gasteiger charge is -2.14. The van der Waals surface area contributed by atoms with Crippen LogP contribution in [0.15, 0.2) is 54.6 Å². The van der Waals surface area contributed by atoms with Crippen molar-refractivity contribution in [2.24, 2.45) is 0 Å². The third-order valence-corrected chi connectivity index (χ3v) is 2.64. The first-order valence-corrected chi connectivity index (χ1v) is 6.21. The molecular formula is C16H17NO4. The van der Waals surface area contributed by atoms with E-state index in [2.05, 4.69) is 0 Å². The summed E-state index contributed by atoms with van der Waals surface area (Å²) in [6.45, 7) is 0. The third kappa shape index (κ3) is 4.99. The molecule has 0 heterocycles. The number of carboxylic acids is 2. The van der Waals surface area contributed by atoms with E-state index in [1.54, 1.807) is 53.4 Å². The summed E-state index contributed by atoms with van der Waals surface area (Å²) >= 11 is 0. The zero-order valence-electron chi connectivity index (χ0n) is 11.9. The highest BCUT2D eigenvalue weighted by atomic mass is 16.4. The topological polar surface area (TPSA) is 77.8 Å². The van der Waals surface area contributed by atoms with Gasteiger partial charge in [0.05, 0.1) is 16.8 Å². The summed E-state index contributed by atoms with van der Waals surface area (Å²) in [6, 6.07) is 15.2. The maximum absolute atomic E-state index is 10.7. The number of benzene rings is 2. The van der Waals surface area contributed by atoms with Gasteiger partial charge in [-0.05, 0) is 24.3 Å². The maximum Gasteiger partial charge on any atom is 0.337 e. The van der Waals surface area contributed by atoms with Gasteiger partial charge in [-0.15, -0.1) is 0 Å². The number of rotatable bonds is 3. The Morgan fingerprint density at radius 2 is 1.33 bits per heavy atom. The maximum atomic E-state index is 10.7. The fourth-order valence-corrected chi connectivity index (χ4v) is 1.63. The van der Waals surface area contributed by atoms with Gasteiger partial charge < -0.3 is 15.1 Å². The van der Waals surface area contributed by atoms with Crippen molar-refractivity contribution >= 4 is 17.6 Å². The van der Waals surface area contributed by atoms with E-state index in [-0.39, 0.29) is 0 Å². The molecule has 0 saturated carbocycles. The molecular weight excluding hydrogens is 270 g/mol. The largest absolute Gasteiger partial charge is 0.478 e. The Morgan fingerprint density at radius 1 is 0.810 bits per heavy atom. The number of anilines is 1. The second-order valence-corrected chi connectivity index (χ2v) is 4.39. The minimum atomic E-state index is -0.890. The predicted octanol–water partition coefficient (Wildman–Crippen LogP) is 2.84. The van der Waals surface area contributed by atoms with Gasteiger partial charge in [0, 0.05) is 14.1 Å². The summed E-state index contributed by atoms with van der Waals surface area (Å²) in [5.74, 6) is -1.77. The van der Waals surface area contributed by atoms with E-state index in [0.29, 0.717) is 11.1 Å². The number of hydrogen-bond acceptors (Lipinski definition) is 3. The van der Waals surface area contributed by atoms with Gasteiger partial charge in [0.2, 0.25) is 0 Å². The van der Waals surface area contributed by atoms with Crippen LogP contribution in [0, 0.1) is 0 Å². The van der Waals surface area contributed by atoms with Crippen molar-refractivity contribution in [1.82, 2.24) is 0 Å². The van der Waals surface area contributed by atoms with Gasteiger partial charge in [-0.2, -0.15) is 0 Å². The van der Waals surface area contributed by atoms with Crippen molar-refractivity contribution in [3.05, 3.63) is 65.7 Å². The number of nitrogens with zero attached hydrogens (tertiary/aromatic N) is 1. The van der Waals surface area contributed by atoms with Crippen molar-refractivity contribution in [3.8, 4) is 0 Å². The standard InChI is InChI=1S/C9H11NO2.C7H6O2/c1-10(2)8-6-4-3-5-7(8)9(11)12;8-7(9)6-4-2-1-3-5-6/h3-6H,1-2H3,(H,11,12);1-5H,(H,8,9). The number of carbonyl (C=O) groups is 2. The number of carboxylic acid groups (broad SMARTS) is 2. The molecule has 0 aliphatic carbocycles. The molecule has 2 rings (SSSR count). The minimum Gasteiger partial charge on any atom is -0.478 e. The SMILES string of the molecule is CN(C)c1ccccc1C(=O)O.O=C(O)c1ccccc1. The lowest BCUT2D eigenvalue weighted by Crippen LogP contribution is -2.13. The van der Waals surface area contributed by atoms with Gasteiger partial charge in [-0.25, -0.2) is 9.59 Å². The lowest BCUT2D eigenvalue weighted by atomic mass is 10.2. The molecule has 5 nitrogen and oxygen atoms in total. The monoisotopic (exact) mass is 287 g/mol. The van der Waals surface area contributed by atoms with Crippen molar-refractivity contribution < 1.29 is 19.8 Å². The summed E-state index contributed by atoms with van der Waals surface area (Å²) in [4.78, 5) is 22.7. The Kier molecular flexibility index (Phi) is 5.95. The van der Waals surface area contributed by atoms with E-state index in [9.17, 15) is 9.59 Å². The Labute approximate surface area is 123 Å². The summed E-state index contributed by atoms with van der Waals surface area (Å²) in [5.41, 5.74) is 1.39. The van der Waals surface area contributed by atoms with E-state index in [4.69, 9.17) is 10.2 Å². The molecule has 0 spiro atoms. The van der Waals surface area contributed by atoms with Crippen LogP contribution in [0.25, 0.3) is 0 Å². The fourth-order valence-electron chi connectivity index (χ4n) is 1.63. The zero-order valence-corrected chi connectivity index (χ0v) is 11.9. The van der Waals surface area contributed by atoms with E-state index >= 15 is 0 Å². The molecule has 0 amide bonds. The second kappa shape index (κ2) is 7.69. The lowest BCUT2D eigenvalue weighted by molar-refractivity contribution is 0.0686. The van der Waals surface area contributed by atoms with Gasteiger partial charge in [0.1, 0.15) is 0 Å². The summed E-state index contributed by atoms with van der Waals surface area (Å²) < 4.78 is 0. The summed E-state index contributed by atoms with van der Waals surface area (Å²) in [5, 5.41) is 17.2. The number of para-hydroxylation sites is 1. The summed E-state index contributed by atoms with van der Waals surface area (Å²) in [7, 11) is 3.64. The molecule has 0 unspecified atom stereocenters. The molecule has 0 aliphatic rings. The van der Waals surface area contributed by atoms with Gasteiger partial charge in [-0.3, -0.25) is 0 Å². The second-order valence-electron chi connectivity index (χ2n) is 4.39. The van der Waals surface area contributed by atoms with Crippen molar-refractivity contribution in [3.63, 3.8) is 0 Å². The Hall–Kier alpha value is -2.82. The first-order chi connectivity index (χ1) is 9.93. The van der Waals surface area contributed by atoms with Crippen molar-refractivity contribution in [2.75, 3.05) is 19.0 Å². The van der Waals surface area contributed by atoms with Gasteiger partial charge >= 0.3 is 11.9 Å². The average Bonchev–Trinajstić information content (AvgIpc) is 2.48. The van der Waals surface area contributed by atoms with Crippen molar-refractivity contribution in [2.45, 2.75) is 0 Å². The Balaban J connectivity index is 0.000000219. The highest BCUT2D eigenvalue weighted by Gasteiger charge is 2.09. The van der Waals surface area contributed by atoms with E-state index < -0.39 is 11.9 Å².